The predicted octanol–water partition coefficient (Wildman–Crippen LogP) is 3.64. The molecule has 2 heterocycles. The van der Waals surface area contributed by atoms with Gasteiger partial charge in [-0.05, 0) is 31.0 Å². The number of aliphatic hydroxyl groups excluding tert-OH is 1. The van der Waals surface area contributed by atoms with Crippen LogP contribution in [0.4, 0.5) is 4.39 Å². The Balaban J connectivity index is 1.58. The lowest BCUT2D eigenvalue weighted by Crippen LogP contribution is -2.36. The molecule has 1 amide bonds. The molecule has 10 heteroatoms. The topological polar surface area (TPSA) is 117 Å². The van der Waals surface area contributed by atoms with Crippen LogP contribution in [0, 0.1) is 23.1 Å². The number of aromatic nitrogens is 3. The van der Waals surface area contributed by atoms with Crippen molar-refractivity contribution < 1.29 is 18.8 Å². The number of carbonyl (C=O) groups is 1. The first-order valence-electron chi connectivity index (χ1n) is 10.0. The Morgan fingerprint density at radius 1 is 1.38 bits per heavy atom. The van der Waals surface area contributed by atoms with Gasteiger partial charge in [-0.3, -0.25) is 9.48 Å². The van der Waals surface area contributed by atoms with Crippen molar-refractivity contribution in [3.8, 4) is 17.3 Å². The van der Waals surface area contributed by atoms with E-state index in [1.54, 1.807) is 29.1 Å². The van der Waals surface area contributed by atoms with Crippen LogP contribution in [0.15, 0.2) is 35.0 Å². The number of amides is 1. The van der Waals surface area contributed by atoms with Crippen LogP contribution in [0.25, 0.3) is 11.3 Å². The van der Waals surface area contributed by atoms with Gasteiger partial charge in [0.15, 0.2) is 5.76 Å². The highest BCUT2D eigenvalue weighted by atomic mass is 35.5. The molecule has 2 aromatic heterocycles. The summed E-state index contributed by atoms with van der Waals surface area (Å²) in [5, 5.41) is 30.0. The zero-order chi connectivity index (χ0) is 23.4. The molecular formula is C22H23ClFN5O3. The zero-order valence-corrected chi connectivity index (χ0v) is 18.6. The maximum absolute atomic E-state index is 14.0. The predicted molar refractivity (Wildman–Crippen MR) is 115 cm³/mol. The molecule has 0 radical (unpaired) electrons. The van der Waals surface area contributed by atoms with Crippen molar-refractivity contribution in [2.45, 2.75) is 45.9 Å². The Morgan fingerprint density at radius 2 is 2.12 bits per heavy atom. The maximum Gasteiger partial charge on any atom is 0.226 e. The summed E-state index contributed by atoms with van der Waals surface area (Å²) in [7, 11) is 0. The van der Waals surface area contributed by atoms with Crippen molar-refractivity contribution in [1.29, 1.82) is 5.26 Å². The molecule has 0 saturated heterocycles. The number of benzene rings is 1. The van der Waals surface area contributed by atoms with E-state index in [4.69, 9.17) is 21.4 Å². The maximum atomic E-state index is 14.0. The Labute approximate surface area is 189 Å². The summed E-state index contributed by atoms with van der Waals surface area (Å²) in [5.41, 5.74) is 1.18. The van der Waals surface area contributed by atoms with Crippen LogP contribution in [0.1, 0.15) is 43.9 Å². The van der Waals surface area contributed by atoms with Crippen molar-refractivity contribution in [2.75, 3.05) is 0 Å². The monoisotopic (exact) mass is 459 g/mol. The summed E-state index contributed by atoms with van der Waals surface area (Å²) >= 11 is 5.96. The third-order valence-corrected chi connectivity index (χ3v) is 5.10. The van der Waals surface area contributed by atoms with Gasteiger partial charge in [0.25, 0.3) is 0 Å². The summed E-state index contributed by atoms with van der Waals surface area (Å²) in [6.07, 6.45) is 0.956. The van der Waals surface area contributed by atoms with Crippen molar-refractivity contribution in [2.24, 2.45) is 5.92 Å². The van der Waals surface area contributed by atoms with Gasteiger partial charge in [0.05, 0.1) is 29.4 Å². The van der Waals surface area contributed by atoms with E-state index in [0.29, 0.717) is 29.3 Å². The molecule has 1 unspecified atom stereocenters. The van der Waals surface area contributed by atoms with Crippen LogP contribution in [-0.2, 0) is 17.8 Å². The normalized spacial score (nSPS) is 13.1. The second-order valence-corrected chi connectivity index (χ2v) is 8.31. The molecule has 0 fully saturated rings. The van der Waals surface area contributed by atoms with Crippen LogP contribution in [0.3, 0.4) is 0 Å². The number of halogens is 2. The summed E-state index contributed by atoms with van der Waals surface area (Å²) in [6, 6.07) is 7.46. The van der Waals surface area contributed by atoms with Crippen molar-refractivity contribution in [3.63, 3.8) is 0 Å². The second-order valence-electron chi connectivity index (χ2n) is 7.90. The smallest absolute Gasteiger partial charge is 0.226 e. The molecule has 2 N–H and O–H groups in total. The van der Waals surface area contributed by atoms with Crippen molar-refractivity contribution >= 4 is 17.5 Å². The molecule has 0 aliphatic rings. The highest BCUT2D eigenvalue weighted by molar-refractivity contribution is 6.32. The minimum atomic E-state index is -0.772. The molecule has 168 valence electrons. The molecule has 3 rings (SSSR count). The van der Waals surface area contributed by atoms with Gasteiger partial charge in [0.1, 0.15) is 23.6 Å². The zero-order valence-electron chi connectivity index (χ0n) is 17.8. The third-order valence-electron chi connectivity index (χ3n) is 4.80. The van der Waals surface area contributed by atoms with E-state index in [2.05, 4.69) is 15.6 Å². The first-order chi connectivity index (χ1) is 15.2. The highest BCUT2D eigenvalue weighted by Crippen LogP contribution is 2.27. The van der Waals surface area contributed by atoms with E-state index in [9.17, 15) is 14.3 Å². The largest absolute Gasteiger partial charge is 0.385 e. The minimum Gasteiger partial charge on any atom is -0.385 e. The first kappa shape index (κ1) is 23.4. The quantitative estimate of drug-likeness (QED) is 0.531. The van der Waals surface area contributed by atoms with Crippen molar-refractivity contribution in [1.82, 2.24) is 20.3 Å². The average molecular weight is 460 g/mol. The van der Waals surface area contributed by atoms with Crippen LogP contribution < -0.4 is 5.32 Å². The van der Waals surface area contributed by atoms with Crippen LogP contribution in [0.2, 0.25) is 5.02 Å². The summed E-state index contributed by atoms with van der Waals surface area (Å²) in [6.45, 7) is 5.92. The Bertz CT molecular complexity index is 1130. The lowest BCUT2D eigenvalue weighted by atomic mass is 10.0. The number of nitriles is 1. The average Bonchev–Trinajstić information content (AvgIpc) is 3.36. The molecular weight excluding hydrogens is 437 g/mol. The third kappa shape index (κ3) is 5.52. The number of hydrogen-bond acceptors (Lipinski definition) is 6. The summed E-state index contributed by atoms with van der Waals surface area (Å²) in [5.74, 6) is -0.647. The fourth-order valence-corrected chi connectivity index (χ4v) is 3.39. The van der Waals surface area contributed by atoms with E-state index in [1.165, 1.54) is 12.1 Å². The fourth-order valence-electron chi connectivity index (χ4n) is 3.14. The SMILES string of the molecule is CC(C)C(O)c1cc(CC(=O)N[C@@H](C)Cn2ccc(-c3cc(F)c(C#N)c(Cl)c3)n2)no1. The second kappa shape index (κ2) is 9.94. The summed E-state index contributed by atoms with van der Waals surface area (Å²) in [4.78, 5) is 12.3. The van der Waals surface area contributed by atoms with E-state index in [-0.39, 0.29) is 34.9 Å². The molecule has 8 nitrogen and oxygen atoms in total. The molecule has 0 spiro atoms. The van der Waals surface area contributed by atoms with Gasteiger partial charge in [-0.2, -0.15) is 10.4 Å². The molecule has 0 aliphatic heterocycles. The van der Waals surface area contributed by atoms with Crippen LogP contribution >= 0.6 is 11.6 Å². The Morgan fingerprint density at radius 3 is 2.78 bits per heavy atom. The lowest BCUT2D eigenvalue weighted by molar-refractivity contribution is -0.121. The van der Waals surface area contributed by atoms with Gasteiger partial charge in [-0.25, -0.2) is 4.39 Å². The van der Waals surface area contributed by atoms with Gasteiger partial charge in [-0.15, -0.1) is 0 Å². The molecule has 0 aliphatic carbocycles. The van der Waals surface area contributed by atoms with E-state index in [0.717, 1.165) is 0 Å². The van der Waals surface area contributed by atoms with E-state index in [1.807, 2.05) is 20.8 Å². The molecule has 32 heavy (non-hydrogen) atoms. The molecule has 1 aromatic carbocycles. The number of rotatable bonds is 8. The van der Waals surface area contributed by atoms with Crippen LogP contribution in [0.5, 0.6) is 0 Å². The van der Waals surface area contributed by atoms with E-state index >= 15 is 0 Å². The van der Waals surface area contributed by atoms with Gasteiger partial charge in [0.2, 0.25) is 5.91 Å². The lowest BCUT2D eigenvalue weighted by Gasteiger charge is -2.13. The highest BCUT2D eigenvalue weighted by Gasteiger charge is 2.19. The van der Waals surface area contributed by atoms with E-state index < -0.39 is 11.9 Å². The first-order valence-corrected chi connectivity index (χ1v) is 10.4. The van der Waals surface area contributed by atoms with Crippen molar-refractivity contribution in [3.05, 3.63) is 58.3 Å². The number of carbonyl (C=O) groups excluding carboxylic acids is 1. The number of aliphatic hydroxyl groups is 1. The number of hydrogen-bond donors (Lipinski definition) is 2. The molecule has 0 bridgehead atoms. The summed E-state index contributed by atoms with van der Waals surface area (Å²) < 4.78 is 20.7. The molecule has 3 aromatic rings. The number of nitrogens with zero attached hydrogens (tertiary/aromatic N) is 4. The molecule has 2 atom stereocenters. The number of nitrogens with one attached hydrogen (secondary N) is 1. The van der Waals surface area contributed by atoms with Gasteiger partial charge >= 0.3 is 0 Å². The Kier molecular flexibility index (Phi) is 7.28. The molecule has 0 saturated carbocycles. The van der Waals surface area contributed by atoms with Crippen LogP contribution in [-0.4, -0.2) is 32.0 Å². The van der Waals surface area contributed by atoms with Gasteiger partial charge in [-0.1, -0.05) is 30.6 Å². The van der Waals surface area contributed by atoms with Gasteiger partial charge in [0, 0.05) is 23.9 Å². The van der Waals surface area contributed by atoms with Gasteiger partial charge < -0.3 is 14.9 Å². The minimum absolute atomic E-state index is 0.0199. The Hall–Kier alpha value is -3.22. The standard InChI is InChI=1S/C22H23ClFN5O3/c1-12(2)22(31)20-8-15(28-32-20)9-21(30)26-13(3)11-29-5-4-19(27-29)14-6-17(23)16(10-25)18(24)7-14/h4-8,12-13,22,31H,9,11H2,1-3H3,(H,26,30)/t13-,22?/m0/s1. The fraction of sp³-hybridized carbons (Fsp3) is 0.364.